The van der Waals surface area contributed by atoms with E-state index in [1.807, 2.05) is 12.1 Å². The van der Waals surface area contributed by atoms with Gasteiger partial charge in [0.15, 0.2) is 0 Å². The van der Waals surface area contributed by atoms with Crippen LogP contribution in [0.4, 0.5) is 0 Å². The molecule has 3 rings (SSSR count). The lowest BCUT2D eigenvalue weighted by Crippen LogP contribution is -2.19. The number of benzene rings is 1. The van der Waals surface area contributed by atoms with Crippen LogP contribution in [0.2, 0.25) is 0 Å². The van der Waals surface area contributed by atoms with E-state index in [1.165, 1.54) is 12.0 Å². The van der Waals surface area contributed by atoms with Gasteiger partial charge in [-0.1, -0.05) is 19.1 Å². The summed E-state index contributed by atoms with van der Waals surface area (Å²) in [6.07, 6.45) is 3.08. The lowest BCUT2D eigenvalue weighted by molar-refractivity contribution is 0.403. The van der Waals surface area contributed by atoms with Crippen molar-refractivity contribution in [3.63, 3.8) is 0 Å². The van der Waals surface area contributed by atoms with Crippen molar-refractivity contribution < 1.29 is 4.74 Å². The van der Waals surface area contributed by atoms with E-state index in [0.29, 0.717) is 0 Å². The monoisotopic (exact) mass is 257 g/mol. The molecule has 4 heteroatoms. The number of fused-ring (bicyclic) bond motifs is 1. The number of ether oxygens (including phenoxy) is 1. The summed E-state index contributed by atoms with van der Waals surface area (Å²) in [6.45, 7) is 3.32. The molecular weight excluding hydrogens is 238 g/mol. The van der Waals surface area contributed by atoms with E-state index in [9.17, 15) is 0 Å². The molecule has 0 aliphatic carbocycles. The molecule has 4 nitrogen and oxygen atoms in total. The Labute approximate surface area is 113 Å². The molecule has 0 bridgehead atoms. The summed E-state index contributed by atoms with van der Waals surface area (Å²) in [7, 11) is 1.69. The lowest BCUT2D eigenvalue weighted by atomic mass is 10.00. The Morgan fingerprint density at radius 1 is 1.37 bits per heavy atom. The average Bonchev–Trinajstić information content (AvgIpc) is 2.81. The highest BCUT2D eigenvalue weighted by Crippen LogP contribution is 2.21. The highest BCUT2D eigenvalue weighted by molar-refractivity contribution is 5.30. The minimum atomic E-state index is 0.723. The SMILES string of the molecule is COc1cccc(Cc2nnc3n2CCC(C)C3)c1. The number of nitrogens with zero attached hydrogens (tertiary/aromatic N) is 3. The third kappa shape index (κ3) is 2.48. The molecule has 0 radical (unpaired) electrons. The predicted octanol–water partition coefficient (Wildman–Crippen LogP) is 2.46. The van der Waals surface area contributed by atoms with Crippen molar-refractivity contribution in [2.45, 2.75) is 32.7 Å². The fraction of sp³-hybridized carbons (Fsp3) is 0.467. The maximum Gasteiger partial charge on any atom is 0.137 e. The van der Waals surface area contributed by atoms with Crippen molar-refractivity contribution in [1.82, 2.24) is 14.8 Å². The fourth-order valence-corrected chi connectivity index (χ4v) is 2.64. The molecule has 100 valence electrons. The Morgan fingerprint density at radius 2 is 2.26 bits per heavy atom. The minimum Gasteiger partial charge on any atom is -0.497 e. The molecular formula is C15H19N3O. The summed E-state index contributed by atoms with van der Waals surface area (Å²) < 4.78 is 7.54. The van der Waals surface area contributed by atoms with Crippen LogP contribution in [0.3, 0.4) is 0 Å². The summed E-state index contributed by atoms with van der Waals surface area (Å²) in [5, 5.41) is 8.68. The quantitative estimate of drug-likeness (QED) is 0.848. The van der Waals surface area contributed by atoms with E-state index >= 15 is 0 Å². The molecule has 1 aliphatic heterocycles. The zero-order valence-corrected chi connectivity index (χ0v) is 11.5. The Morgan fingerprint density at radius 3 is 3.11 bits per heavy atom. The van der Waals surface area contributed by atoms with Gasteiger partial charge in [0.05, 0.1) is 7.11 Å². The van der Waals surface area contributed by atoms with Gasteiger partial charge in [-0.15, -0.1) is 10.2 Å². The maximum atomic E-state index is 5.26. The van der Waals surface area contributed by atoms with Gasteiger partial charge in [-0.2, -0.15) is 0 Å². The first-order valence-electron chi connectivity index (χ1n) is 6.80. The Kier molecular flexibility index (Phi) is 3.23. The summed E-state index contributed by atoms with van der Waals surface area (Å²) in [4.78, 5) is 0. The largest absolute Gasteiger partial charge is 0.497 e. The number of hydrogen-bond acceptors (Lipinski definition) is 3. The Hall–Kier alpha value is -1.84. The number of hydrogen-bond donors (Lipinski definition) is 0. The fourth-order valence-electron chi connectivity index (χ4n) is 2.64. The van der Waals surface area contributed by atoms with Crippen LogP contribution in [-0.4, -0.2) is 21.9 Å². The van der Waals surface area contributed by atoms with Crippen molar-refractivity contribution in [3.05, 3.63) is 41.5 Å². The number of methoxy groups -OCH3 is 1. The van der Waals surface area contributed by atoms with E-state index in [2.05, 4.69) is 33.8 Å². The van der Waals surface area contributed by atoms with E-state index in [0.717, 1.165) is 42.7 Å². The molecule has 1 atom stereocenters. The Balaban J connectivity index is 1.84. The van der Waals surface area contributed by atoms with Crippen molar-refractivity contribution >= 4 is 0 Å². The molecule has 1 unspecified atom stereocenters. The summed E-state index contributed by atoms with van der Waals surface area (Å²) in [6, 6.07) is 8.15. The van der Waals surface area contributed by atoms with Crippen LogP contribution < -0.4 is 4.74 Å². The Bertz CT molecular complexity index is 577. The van der Waals surface area contributed by atoms with Gasteiger partial charge in [0.1, 0.15) is 17.4 Å². The van der Waals surface area contributed by atoms with Gasteiger partial charge in [0.25, 0.3) is 0 Å². The van der Waals surface area contributed by atoms with Crippen LogP contribution in [0.15, 0.2) is 24.3 Å². The van der Waals surface area contributed by atoms with Gasteiger partial charge in [-0.25, -0.2) is 0 Å². The molecule has 0 N–H and O–H groups in total. The van der Waals surface area contributed by atoms with Gasteiger partial charge in [0.2, 0.25) is 0 Å². The summed E-state index contributed by atoms with van der Waals surface area (Å²) in [5.74, 6) is 3.82. The van der Waals surface area contributed by atoms with Crippen molar-refractivity contribution in [2.75, 3.05) is 7.11 Å². The van der Waals surface area contributed by atoms with E-state index < -0.39 is 0 Å². The van der Waals surface area contributed by atoms with Crippen LogP contribution in [0.25, 0.3) is 0 Å². The number of rotatable bonds is 3. The first-order valence-corrected chi connectivity index (χ1v) is 6.80. The molecule has 19 heavy (non-hydrogen) atoms. The lowest BCUT2D eigenvalue weighted by Gasteiger charge is -2.20. The molecule has 0 amide bonds. The molecule has 1 aromatic heterocycles. The molecule has 2 aromatic rings. The van der Waals surface area contributed by atoms with Crippen molar-refractivity contribution in [2.24, 2.45) is 5.92 Å². The number of aromatic nitrogens is 3. The second kappa shape index (κ2) is 5.03. The van der Waals surface area contributed by atoms with Crippen molar-refractivity contribution in [1.29, 1.82) is 0 Å². The first-order chi connectivity index (χ1) is 9.26. The molecule has 1 aliphatic rings. The van der Waals surface area contributed by atoms with Gasteiger partial charge in [-0.3, -0.25) is 0 Å². The van der Waals surface area contributed by atoms with Crippen LogP contribution in [0, 0.1) is 5.92 Å². The zero-order chi connectivity index (χ0) is 13.2. The van der Waals surface area contributed by atoms with E-state index in [4.69, 9.17) is 4.74 Å². The molecule has 0 fully saturated rings. The van der Waals surface area contributed by atoms with Crippen LogP contribution in [-0.2, 0) is 19.4 Å². The maximum absolute atomic E-state index is 5.26. The first kappa shape index (κ1) is 12.2. The summed E-state index contributed by atoms with van der Waals surface area (Å²) >= 11 is 0. The van der Waals surface area contributed by atoms with E-state index in [-0.39, 0.29) is 0 Å². The highest BCUT2D eigenvalue weighted by Gasteiger charge is 2.20. The van der Waals surface area contributed by atoms with Crippen LogP contribution in [0.5, 0.6) is 5.75 Å². The molecule has 0 spiro atoms. The second-order valence-electron chi connectivity index (χ2n) is 5.31. The molecule has 0 saturated carbocycles. The third-order valence-electron chi connectivity index (χ3n) is 3.78. The standard InChI is InChI=1S/C15H19N3O/c1-11-6-7-18-14(8-11)16-17-15(18)10-12-4-3-5-13(9-12)19-2/h3-5,9,11H,6-8,10H2,1-2H3. The zero-order valence-electron chi connectivity index (χ0n) is 11.5. The molecule has 2 heterocycles. The predicted molar refractivity (Wildman–Crippen MR) is 73.3 cm³/mol. The third-order valence-corrected chi connectivity index (χ3v) is 3.78. The van der Waals surface area contributed by atoms with Gasteiger partial charge >= 0.3 is 0 Å². The highest BCUT2D eigenvalue weighted by atomic mass is 16.5. The van der Waals surface area contributed by atoms with E-state index in [1.54, 1.807) is 7.11 Å². The molecule has 1 aromatic carbocycles. The average molecular weight is 257 g/mol. The smallest absolute Gasteiger partial charge is 0.137 e. The van der Waals surface area contributed by atoms with Gasteiger partial charge < -0.3 is 9.30 Å². The topological polar surface area (TPSA) is 39.9 Å². The van der Waals surface area contributed by atoms with Gasteiger partial charge in [-0.05, 0) is 30.0 Å². The minimum absolute atomic E-state index is 0.723. The second-order valence-corrected chi connectivity index (χ2v) is 5.31. The normalized spacial score (nSPS) is 18.1. The van der Waals surface area contributed by atoms with Crippen LogP contribution in [0.1, 0.15) is 30.6 Å². The molecule has 0 saturated heterocycles. The van der Waals surface area contributed by atoms with Crippen molar-refractivity contribution in [3.8, 4) is 5.75 Å². The summed E-state index contributed by atoms with van der Waals surface area (Å²) in [5.41, 5.74) is 1.22. The van der Waals surface area contributed by atoms with Gasteiger partial charge in [0, 0.05) is 19.4 Å². The van der Waals surface area contributed by atoms with Crippen LogP contribution >= 0.6 is 0 Å².